The summed E-state index contributed by atoms with van der Waals surface area (Å²) in [7, 11) is 5.40. The second-order valence-electron chi connectivity index (χ2n) is 2.69. The fourth-order valence-electron chi connectivity index (χ4n) is 1.17. The first-order valence-electron chi connectivity index (χ1n) is 3.92. The third-order valence-corrected chi connectivity index (χ3v) is 2.40. The van der Waals surface area contributed by atoms with Gasteiger partial charge in [0.2, 0.25) is 0 Å². The zero-order chi connectivity index (χ0) is 9.84. The van der Waals surface area contributed by atoms with Crippen LogP contribution < -0.4 is 5.32 Å². The number of halogens is 1. The molecule has 0 saturated heterocycles. The van der Waals surface area contributed by atoms with Crippen molar-refractivity contribution in [2.45, 2.75) is 6.04 Å². The highest BCUT2D eigenvalue weighted by atomic mass is 79.9. The normalized spacial score (nSPS) is 13.2. The smallest absolute Gasteiger partial charge is 0.153 e. The zero-order valence-corrected chi connectivity index (χ0v) is 9.50. The number of aromatic nitrogens is 3. The number of likely N-dealkylation sites (N-methyl/N-ethyl adjacent to an activating group) is 1. The maximum atomic E-state index is 5.08. The van der Waals surface area contributed by atoms with Crippen LogP contribution in [0, 0.1) is 0 Å². The third-order valence-electron chi connectivity index (χ3n) is 1.84. The van der Waals surface area contributed by atoms with Gasteiger partial charge in [0, 0.05) is 14.2 Å². The summed E-state index contributed by atoms with van der Waals surface area (Å²) in [6.07, 6.45) is 0. The summed E-state index contributed by atoms with van der Waals surface area (Å²) in [6.45, 7) is 0.594. The van der Waals surface area contributed by atoms with Crippen molar-refractivity contribution in [3.63, 3.8) is 0 Å². The van der Waals surface area contributed by atoms with E-state index in [0.717, 1.165) is 10.3 Å². The van der Waals surface area contributed by atoms with Gasteiger partial charge in [0.25, 0.3) is 0 Å². The van der Waals surface area contributed by atoms with Crippen molar-refractivity contribution in [1.82, 2.24) is 20.3 Å². The second-order valence-corrected chi connectivity index (χ2v) is 3.44. The summed E-state index contributed by atoms with van der Waals surface area (Å²) in [4.78, 5) is 0. The van der Waals surface area contributed by atoms with E-state index < -0.39 is 0 Å². The Kier molecular flexibility index (Phi) is 3.83. The Morgan fingerprint density at radius 3 is 2.77 bits per heavy atom. The molecule has 0 aliphatic rings. The van der Waals surface area contributed by atoms with E-state index in [2.05, 4.69) is 31.6 Å². The van der Waals surface area contributed by atoms with Crippen molar-refractivity contribution in [2.24, 2.45) is 7.05 Å². The molecule has 1 aromatic heterocycles. The molecular formula is C7H13BrN4O. The van der Waals surface area contributed by atoms with E-state index in [-0.39, 0.29) is 6.04 Å². The lowest BCUT2D eigenvalue weighted by molar-refractivity contribution is 0.167. The molecule has 1 N–H and O–H groups in total. The minimum atomic E-state index is 0.111. The minimum absolute atomic E-state index is 0.111. The van der Waals surface area contributed by atoms with E-state index >= 15 is 0 Å². The van der Waals surface area contributed by atoms with Gasteiger partial charge in [-0.3, -0.25) is 0 Å². The van der Waals surface area contributed by atoms with E-state index in [9.17, 15) is 0 Å². The van der Waals surface area contributed by atoms with Gasteiger partial charge in [0.1, 0.15) is 0 Å². The molecule has 0 fully saturated rings. The average molecular weight is 249 g/mol. The van der Waals surface area contributed by atoms with Crippen LogP contribution in [-0.2, 0) is 11.8 Å². The molecule has 0 amide bonds. The predicted octanol–water partition coefficient (Wildman–Crippen LogP) is 0.484. The quantitative estimate of drug-likeness (QED) is 0.843. The fourth-order valence-corrected chi connectivity index (χ4v) is 1.78. The van der Waals surface area contributed by atoms with Crippen LogP contribution in [0.4, 0.5) is 0 Å². The molecule has 1 atom stereocenters. The molecule has 0 aliphatic heterocycles. The van der Waals surface area contributed by atoms with Crippen molar-refractivity contribution in [3.8, 4) is 0 Å². The number of hydrogen-bond acceptors (Lipinski definition) is 4. The Balaban J connectivity index is 2.89. The lowest BCUT2D eigenvalue weighted by Gasteiger charge is -2.14. The van der Waals surface area contributed by atoms with Gasteiger partial charge in [-0.05, 0) is 23.0 Å². The van der Waals surface area contributed by atoms with E-state index in [1.54, 1.807) is 11.8 Å². The Labute approximate surface area is 85.6 Å². The van der Waals surface area contributed by atoms with Crippen LogP contribution in [0.25, 0.3) is 0 Å². The van der Waals surface area contributed by atoms with Gasteiger partial charge in [-0.2, -0.15) is 0 Å². The van der Waals surface area contributed by atoms with E-state index in [0.29, 0.717) is 6.61 Å². The van der Waals surface area contributed by atoms with Gasteiger partial charge >= 0.3 is 0 Å². The molecule has 13 heavy (non-hydrogen) atoms. The number of methoxy groups -OCH3 is 1. The molecule has 0 aliphatic carbocycles. The molecule has 1 aromatic rings. The lowest BCUT2D eigenvalue weighted by Crippen LogP contribution is -2.24. The highest BCUT2D eigenvalue weighted by molar-refractivity contribution is 9.10. The third kappa shape index (κ3) is 2.26. The molecule has 6 heteroatoms. The van der Waals surface area contributed by atoms with E-state index in [1.165, 1.54) is 0 Å². The van der Waals surface area contributed by atoms with Crippen LogP contribution in [-0.4, -0.2) is 35.8 Å². The monoisotopic (exact) mass is 248 g/mol. The lowest BCUT2D eigenvalue weighted by atomic mass is 10.2. The van der Waals surface area contributed by atoms with Crippen molar-refractivity contribution in [3.05, 3.63) is 10.3 Å². The largest absolute Gasteiger partial charge is 0.383 e. The van der Waals surface area contributed by atoms with Gasteiger partial charge in [0.15, 0.2) is 4.60 Å². The highest BCUT2D eigenvalue weighted by Crippen LogP contribution is 2.19. The summed E-state index contributed by atoms with van der Waals surface area (Å²) in [5.41, 5.74) is 0.990. The minimum Gasteiger partial charge on any atom is -0.383 e. The molecule has 5 nitrogen and oxygen atoms in total. The zero-order valence-electron chi connectivity index (χ0n) is 7.91. The number of rotatable bonds is 4. The van der Waals surface area contributed by atoms with Crippen LogP contribution in [0.3, 0.4) is 0 Å². The van der Waals surface area contributed by atoms with Crippen LogP contribution in [0.2, 0.25) is 0 Å². The standard InChI is InChI=1S/C7H13BrN4O/c1-9-5(4-13-3)6-7(8)10-11-12(6)2/h5,9H,4H2,1-3H3. The average Bonchev–Trinajstić information content (AvgIpc) is 2.43. The number of aryl methyl sites for hydroxylation is 1. The Morgan fingerprint density at radius 1 is 1.69 bits per heavy atom. The van der Waals surface area contributed by atoms with Crippen LogP contribution in [0.1, 0.15) is 11.7 Å². The van der Waals surface area contributed by atoms with Crippen molar-refractivity contribution >= 4 is 15.9 Å². The molecule has 0 aromatic carbocycles. The number of nitrogens with zero attached hydrogens (tertiary/aromatic N) is 3. The van der Waals surface area contributed by atoms with Gasteiger partial charge in [-0.25, -0.2) is 4.68 Å². The summed E-state index contributed by atoms with van der Waals surface area (Å²) >= 11 is 3.34. The predicted molar refractivity (Wildman–Crippen MR) is 52.4 cm³/mol. The topological polar surface area (TPSA) is 52.0 Å². The summed E-state index contributed by atoms with van der Waals surface area (Å²) in [6, 6.07) is 0.111. The highest BCUT2D eigenvalue weighted by Gasteiger charge is 2.17. The maximum Gasteiger partial charge on any atom is 0.153 e. The molecule has 0 saturated carbocycles. The molecule has 0 spiro atoms. The molecule has 74 valence electrons. The first kappa shape index (κ1) is 10.6. The number of nitrogens with one attached hydrogen (secondary N) is 1. The first-order chi connectivity index (χ1) is 6.20. The molecule has 0 radical (unpaired) electrons. The second kappa shape index (κ2) is 4.69. The van der Waals surface area contributed by atoms with Crippen molar-refractivity contribution < 1.29 is 4.74 Å². The fraction of sp³-hybridized carbons (Fsp3) is 0.714. The van der Waals surface area contributed by atoms with Crippen molar-refractivity contribution in [2.75, 3.05) is 20.8 Å². The Hall–Kier alpha value is -0.460. The molecule has 1 heterocycles. The van der Waals surface area contributed by atoms with Crippen LogP contribution in [0.5, 0.6) is 0 Å². The van der Waals surface area contributed by atoms with Gasteiger partial charge in [-0.1, -0.05) is 5.21 Å². The van der Waals surface area contributed by atoms with Crippen molar-refractivity contribution in [1.29, 1.82) is 0 Å². The number of ether oxygens (including phenoxy) is 1. The van der Waals surface area contributed by atoms with Crippen LogP contribution in [0.15, 0.2) is 4.60 Å². The van der Waals surface area contributed by atoms with E-state index in [4.69, 9.17) is 4.74 Å². The molecular weight excluding hydrogens is 236 g/mol. The van der Waals surface area contributed by atoms with Gasteiger partial charge < -0.3 is 10.1 Å². The summed E-state index contributed by atoms with van der Waals surface area (Å²) < 4.78 is 7.56. The van der Waals surface area contributed by atoms with E-state index in [1.807, 2.05) is 14.1 Å². The molecule has 1 unspecified atom stereocenters. The Bertz CT molecular complexity index is 256. The molecule has 0 bridgehead atoms. The van der Waals surface area contributed by atoms with Gasteiger partial charge in [0.05, 0.1) is 18.3 Å². The summed E-state index contributed by atoms with van der Waals surface area (Å²) in [5, 5.41) is 10.9. The van der Waals surface area contributed by atoms with Crippen LogP contribution >= 0.6 is 15.9 Å². The Morgan fingerprint density at radius 2 is 2.38 bits per heavy atom. The first-order valence-corrected chi connectivity index (χ1v) is 4.71. The SMILES string of the molecule is CNC(COC)c1c(Br)nnn1C. The molecule has 1 rings (SSSR count). The summed E-state index contributed by atoms with van der Waals surface area (Å²) in [5.74, 6) is 0. The van der Waals surface area contributed by atoms with Gasteiger partial charge in [-0.15, -0.1) is 5.10 Å². The maximum absolute atomic E-state index is 5.08. The number of hydrogen-bond donors (Lipinski definition) is 1.